The van der Waals surface area contributed by atoms with Crippen LogP contribution in [0, 0.1) is 18.7 Å². The number of nitrogens with zero attached hydrogens (tertiary/aromatic N) is 1. The average Bonchev–Trinajstić information content (AvgIpc) is 3.39. The number of benzene rings is 2. The molecule has 2 saturated heterocycles. The summed E-state index contributed by atoms with van der Waals surface area (Å²) in [5.74, 6) is -0.906. The number of amides is 2. The number of carbonyl (C=O) groups is 2. The van der Waals surface area contributed by atoms with Gasteiger partial charge in [0.2, 0.25) is 21.8 Å². The molecular formula is C30H39BrClFN4O5S. The molecule has 236 valence electrons. The molecule has 2 fully saturated rings. The van der Waals surface area contributed by atoms with E-state index in [1.54, 1.807) is 18.2 Å². The van der Waals surface area contributed by atoms with Gasteiger partial charge in [-0.15, -0.1) is 0 Å². The molecule has 0 saturated carbocycles. The van der Waals surface area contributed by atoms with Crippen molar-refractivity contribution in [2.24, 2.45) is 5.92 Å². The molecule has 4 rings (SSSR count). The summed E-state index contributed by atoms with van der Waals surface area (Å²) >= 11 is 9.49. The van der Waals surface area contributed by atoms with E-state index in [0.717, 1.165) is 43.3 Å². The van der Waals surface area contributed by atoms with Crippen LogP contribution in [-0.2, 0) is 37.5 Å². The van der Waals surface area contributed by atoms with Crippen molar-refractivity contribution in [1.82, 2.24) is 20.3 Å². The first-order valence-electron chi connectivity index (χ1n) is 14.5. The molecule has 3 atom stereocenters. The Kier molecular flexibility index (Phi) is 12.0. The first-order valence-corrected chi connectivity index (χ1v) is 17.5. The quantitative estimate of drug-likeness (QED) is 0.308. The molecule has 43 heavy (non-hydrogen) atoms. The van der Waals surface area contributed by atoms with Crippen molar-refractivity contribution in [2.45, 2.75) is 70.4 Å². The second-order valence-corrected chi connectivity index (χ2v) is 14.5. The lowest BCUT2D eigenvalue weighted by molar-refractivity contribution is -0.140. The highest BCUT2D eigenvalue weighted by atomic mass is 79.9. The highest BCUT2D eigenvalue weighted by molar-refractivity contribution is 9.10. The lowest BCUT2D eigenvalue weighted by atomic mass is 9.91. The van der Waals surface area contributed by atoms with Crippen LogP contribution in [0.5, 0.6) is 0 Å². The van der Waals surface area contributed by atoms with Gasteiger partial charge < -0.3 is 20.3 Å². The third kappa shape index (κ3) is 9.95. The van der Waals surface area contributed by atoms with Gasteiger partial charge in [0.05, 0.1) is 19.0 Å². The highest BCUT2D eigenvalue weighted by Crippen LogP contribution is 2.26. The number of rotatable bonds is 12. The lowest BCUT2D eigenvalue weighted by Crippen LogP contribution is -2.53. The topological polar surface area (TPSA) is 117 Å². The lowest BCUT2D eigenvalue weighted by Gasteiger charge is -2.30. The molecule has 2 aromatic rings. The SMILES string of the molecule is Cc1ccc(CNC(=O)[C@@H]2C[C@@H](OCc3ccc(Br)cc3F)CN2C(=O)[C@@H](CCC2CCNCC2)NS(C)(=O)=O)cc1Cl. The van der Waals surface area contributed by atoms with E-state index < -0.39 is 39.9 Å². The summed E-state index contributed by atoms with van der Waals surface area (Å²) in [6.07, 6.45) is 3.57. The van der Waals surface area contributed by atoms with Gasteiger partial charge in [0.15, 0.2) is 0 Å². The van der Waals surface area contributed by atoms with Gasteiger partial charge in [0.25, 0.3) is 0 Å². The predicted molar refractivity (Wildman–Crippen MR) is 167 cm³/mol. The molecule has 0 aliphatic carbocycles. The van der Waals surface area contributed by atoms with Crippen molar-refractivity contribution in [1.29, 1.82) is 0 Å². The molecule has 2 aliphatic rings. The fourth-order valence-corrected chi connectivity index (χ4v) is 6.85. The van der Waals surface area contributed by atoms with Gasteiger partial charge in [-0.1, -0.05) is 45.7 Å². The Balaban J connectivity index is 1.50. The van der Waals surface area contributed by atoms with Gasteiger partial charge >= 0.3 is 0 Å². The van der Waals surface area contributed by atoms with Crippen molar-refractivity contribution in [2.75, 3.05) is 25.9 Å². The standard InChI is InChI=1S/C30H39BrClFN4O5S/c1-19-3-4-21(13-25(19)32)16-35-29(38)28-15-24(42-18-22-6-7-23(31)14-26(22)33)17-37(28)30(39)27(36-43(2,40)41)8-5-20-9-11-34-12-10-20/h3-4,6-7,13-14,20,24,27-28,34,36H,5,8-12,15-18H2,1-2H3,(H,35,38)/t24-,27-,28+/m1/s1. The van der Waals surface area contributed by atoms with Gasteiger partial charge in [-0.25, -0.2) is 17.5 Å². The molecule has 13 heteroatoms. The van der Waals surface area contributed by atoms with E-state index in [0.29, 0.717) is 33.8 Å². The number of nitrogens with one attached hydrogen (secondary N) is 3. The Labute approximate surface area is 266 Å². The van der Waals surface area contributed by atoms with Crippen molar-refractivity contribution in [3.63, 3.8) is 0 Å². The maximum Gasteiger partial charge on any atom is 0.243 e. The van der Waals surface area contributed by atoms with E-state index >= 15 is 0 Å². The summed E-state index contributed by atoms with van der Waals surface area (Å²) in [7, 11) is -3.71. The monoisotopic (exact) mass is 700 g/mol. The predicted octanol–water partition coefficient (Wildman–Crippen LogP) is 4.05. The van der Waals surface area contributed by atoms with E-state index in [9.17, 15) is 22.4 Å². The molecule has 0 radical (unpaired) electrons. The van der Waals surface area contributed by atoms with Crippen LogP contribution in [0.1, 0.15) is 48.8 Å². The van der Waals surface area contributed by atoms with Crippen LogP contribution in [0.4, 0.5) is 4.39 Å². The molecule has 2 aliphatic heterocycles. The Hall–Kier alpha value is -2.09. The number of likely N-dealkylation sites (tertiary alicyclic amines) is 1. The molecule has 2 aromatic carbocycles. The van der Waals surface area contributed by atoms with E-state index in [4.69, 9.17) is 16.3 Å². The van der Waals surface area contributed by atoms with Gasteiger partial charge in [-0.3, -0.25) is 9.59 Å². The maximum absolute atomic E-state index is 14.4. The number of ether oxygens (including phenoxy) is 1. The van der Waals surface area contributed by atoms with Crippen molar-refractivity contribution >= 4 is 49.4 Å². The smallest absolute Gasteiger partial charge is 0.243 e. The van der Waals surface area contributed by atoms with E-state index in [1.165, 1.54) is 11.0 Å². The Morgan fingerprint density at radius 2 is 1.95 bits per heavy atom. The van der Waals surface area contributed by atoms with Crippen LogP contribution >= 0.6 is 27.5 Å². The van der Waals surface area contributed by atoms with Crippen LogP contribution in [0.2, 0.25) is 5.02 Å². The van der Waals surface area contributed by atoms with E-state index in [-0.39, 0.29) is 32.0 Å². The van der Waals surface area contributed by atoms with Crippen molar-refractivity contribution < 1.29 is 27.1 Å². The van der Waals surface area contributed by atoms with Crippen LogP contribution in [0.3, 0.4) is 0 Å². The summed E-state index contributed by atoms with van der Waals surface area (Å²) in [5.41, 5.74) is 2.07. The summed E-state index contributed by atoms with van der Waals surface area (Å²) in [6, 6.07) is 8.27. The second-order valence-electron chi connectivity index (χ2n) is 11.4. The number of halogens is 3. The van der Waals surface area contributed by atoms with Crippen molar-refractivity contribution in [3.05, 3.63) is 68.4 Å². The summed E-state index contributed by atoms with van der Waals surface area (Å²) in [5, 5.41) is 6.79. The van der Waals surface area contributed by atoms with Gasteiger partial charge in [-0.05, 0) is 80.9 Å². The van der Waals surface area contributed by atoms with Crippen LogP contribution in [0.25, 0.3) is 0 Å². The summed E-state index contributed by atoms with van der Waals surface area (Å²) < 4.78 is 48.1. The summed E-state index contributed by atoms with van der Waals surface area (Å²) in [6.45, 7) is 3.90. The zero-order chi connectivity index (χ0) is 31.1. The van der Waals surface area contributed by atoms with Crippen LogP contribution < -0.4 is 15.4 Å². The van der Waals surface area contributed by atoms with Gasteiger partial charge in [-0.2, -0.15) is 0 Å². The third-order valence-corrected chi connectivity index (χ3v) is 9.63. The minimum atomic E-state index is -3.71. The molecule has 0 spiro atoms. The van der Waals surface area contributed by atoms with Crippen LogP contribution in [-0.4, -0.2) is 69.2 Å². The molecule has 9 nitrogen and oxygen atoms in total. The van der Waals surface area contributed by atoms with Crippen molar-refractivity contribution in [3.8, 4) is 0 Å². The van der Waals surface area contributed by atoms with E-state index in [1.807, 2.05) is 19.1 Å². The largest absolute Gasteiger partial charge is 0.371 e. The highest BCUT2D eigenvalue weighted by Gasteiger charge is 2.42. The second kappa shape index (κ2) is 15.3. The molecule has 0 aromatic heterocycles. The number of aryl methyl sites for hydroxylation is 1. The zero-order valence-corrected chi connectivity index (χ0v) is 27.5. The Morgan fingerprint density at radius 3 is 2.63 bits per heavy atom. The fourth-order valence-electron chi connectivity index (χ4n) is 5.57. The number of hydrogen-bond donors (Lipinski definition) is 3. The van der Waals surface area contributed by atoms with Gasteiger partial charge in [0.1, 0.15) is 17.9 Å². The average molecular weight is 702 g/mol. The van der Waals surface area contributed by atoms with Crippen LogP contribution in [0.15, 0.2) is 40.9 Å². The molecule has 2 heterocycles. The number of hydrogen-bond acceptors (Lipinski definition) is 6. The number of carbonyl (C=O) groups excluding carboxylic acids is 2. The molecule has 2 amide bonds. The number of sulfonamides is 1. The van der Waals surface area contributed by atoms with E-state index in [2.05, 4.69) is 31.3 Å². The summed E-state index contributed by atoms with van der Waals surface area (Å²) in [4.78, 5) is 28.9. The Morgan fingerprint density at radius 1 is 1.21 bits per heavy atom. The maximum atomic E-state index is 14.4. The third-order valence-electron chi connectivity index (χ3n) is 8.02. The number of piperidine rings is 1. The molecule has 3 N–H and O–H groups in total. The molecular weight excluding hydrogens is 663 g/mol. The molecule has 0 bridgehead atoms. The zero-order valence-electron chi connectivity index (χ0n) is 24.4. The minimum absolute atomic E-state index is 0.0389. The first-order chi connectivity index (χ1) is 20.4. The fraction of sp³-hybridized carbons (Fsp3) is 0.533. The normalized spacial score (nSPS) is 20.3. The molecule has 0 unspecified atom stereocenters. The minimum Gasteiger partial charge on any atom is -0.371 e. The Bertz CT molecular complexity index is 1410. The van der Waals surface area contributed by atoms with Gasteiger partial charge in [0, 0.05) is 34.6 Å². The first kappa shape index (κ1) is 33.8.